The van der Waals surface area contributed by atoms with Gasteiger partial charge in [0.05, 0.1) is 5.56 Å². The molecule has 1 aromatic carbocycles. The highest BCUT2D eigenvalue weighted by Crippen LogP contribution is 2.37. The Morgan fingerprint density at radius 1 is 0.931 bits per heavy atom. The van der Waals surface area contributed by atoms with Gasteiger partial charge in [-0.3, -0.25) is 4.98 Å². The van der Waals surface area contributed by atoms with Crippen LogP contribution in [0.3, 0.4) is 0 Å². The SMILES string of the molecule is OC(c1cccnc1)c1c(-c2cnc(-c3ccc(F)cc3)nc2)noc1C(F)F. The Bertz CT molecular complexity index is 1100. The molecule has 146 valence electrons. The Morgan fingerprint density at radius 3 is 2.28 bits per heavy atom. The maximum Gasteiger partial charge on any atom is 0.298 e. The van der Waals surface area contributed by atoms with Crippen molar-refractivity contribution in [1.29, 1.82) is 0 Å². The van der Waals surface area contributed by atoms with E-state index in [1.54, 1.807) is 12.1 Å². The molecule has 0 aliphatic heterocycles. The van der Waals surface area contributed by atoms with Crippen molar-refractivity contribution in [2.75, 3.05) is 0 Å². The molecule has 0 saturated carbocycles. The van der Waals surface area contributed by atoms with Crippen LogP contribution < -0.4 is 0 Å². The van der Waals surface area contributed by atoms with Crippen LogP contribution in [0.25, 0.3) is 22.6 Å². The molecule has 9 heteroatoms. The number of hydrogen-bond donors (Lipinski definition) is 1. The van der Waals surface area contributed by atoms with Crippen LogP contribution in [0.2, 0.25) is 0 Å². The predicted octanol–water partition coefficient (Wildman–Crippen LogP) is 4.35. The van der Waals surface area contributed by atoms with Crippen LogP contribution in [0, 0.1) is 5.82 Å². The number of aliphatic hydroxyl groups excluding tert-OH is 1. The van der Waals surface area contributed by atoms with Gasteiger partial charge in [0.15, 0.2) is 5.82 Å². The average molecular weight is 398 g/mol. The number of aromatic nitrogens is 4. The predicted molar refractivity (Wildman–Crippen MR) is 96.2 cm³/mol. The van der Waals surface area contributed by atoms with Gasteiger partial charge in [-0.15, -0.1) is 0 Å². The van der Waals surface area contributed by atoms with Crippen LogP contribution in [0.15, 0.2) is 65.7 Å². The van der Waals surface area contributed by atoms with Gasteiger partial charge in [-0.05, 0) is 30.3 Å². The van der Waals surface area contributed by atoms with Crippen molar-refractivity contribution in [1.82, 2.24) is 20.1 Å². The molecule has 0 saturated heterocycles. The molecule has 0 bridgehead atoms. The lowest BCUT2D eigenvalue weighted by Crippen LogP contribution is -2.04. The second-order valence-corrected chi connectivity index (χ2v) is 6.10. The second kappa shape index (κ2) is 7.80. The second-order valence-electron chi connectivity index (χ2n) is 6.10. The van der Waals surface area contributed by atoms with Gasteiger partial charge in [-0.25, -0.2) is 23.1 Å². The Labute approximate surface area is 162 Å². The molecule has 0 amide bonds. The van der Waals surface area contributed by atoms with Crippen molar-refractivity contribution in [3.63, 3.8) is 0 Å². The average Bonchev–Trinajstić information content (AvgIpc) is 3.20. The Hall–Kier alpha value is -3.59. The maximum absolute atomic E-state index is 13.4. The fourth-order valence-corrected chi connectivity index (χ4v) is 2.84. The third-order valence-corrected chi connectivity index (χ3v) is 4.26. The van der Waals surface area contributed by atoms with Gasteiger partial charge < -0.3 is 9.63 Å². The van der Waals surface area contributed by atoms with Gasteiger partial charge in [0.1, 0.15) is 17.6 Å². The van der Waals surface area contributed by atoms with E-state index in [0.717, 1.165) is 0 Å². The Kier molecular flexibility index (Phi) is 5.05. The smallest absolute Gasteiger partial charge is 0.298 e. The van der Waals surface area contributed by atoms with Gasteiger partial charge in [-0.2, -0.15) is 0 Å². The van der Waals surface area contributed by atoms with E-state index in [4.69, 9.17) is 4.52 Å². The molecule has 0 radical (unpaired) electrons. The normalized spacial score (nSPS) is 12.3. The van der Waals surface area contributed by atoms with Crippen molar-refractivity contribution in [2.45, 2.75) is 12.5 Å². The van der Waals surface area contributed by atoms with E-state index in [1.165, 1.54) is 49.1 Å². The van der Waals surface area contributed by atoms with Gasteiger partial charge in [0.25, 0.3) is 6.43 Å². The minimum atomic E-state index is -2.98. The van der Waals surface area contributed by atoms with Crippen molar-refractivity contribution in [2.24, 2.45) is 0 Å². The zero-order chi connectivity index (χ0) is 20.4. The lowest BCUT2D eigenvalue weighted by molar-refractivity contribution is 0.105. The van der Waals surface area contributed by atoms with Crippen molar-refractivity contribution in [3.8, 4) is 22.6 Å². The summed E-state index contributed by atoms with van der Waals surface area (Å²) in [5, 5.41) is 14.4. The molecule has 0 spiro atoms. The maximum atomic E-state index is 13.4. The highest BCUT2D eigenvalue weighted by atomic mass is 19.3. The fraction of sp³-hybridized carbons (Fsp3) is 0.100. The summed E-state index contributed by atoms with van der Waals surface area (Å²) < 4.78 is 44.7. The van der Waals surface area contributed by atoms with Gasteiger partial charge in [0.2, 0.25) is 5.76 Å². The molecule has 4 aromatic rings. The third-order valence-electron chi connectivity index (χ3n) is 4.26. The van der Waals surface area contributed by atoms with Crippen LogP contribution >= 0.6 is 0 Å². The largest absolute Gasteiger partial charge is 0.383 e. The molecule has 0 aliphatic carbocycles. The van der Waals surface area contributed by atoms with Crippen LogP contribution in [-0.2, 0) is 0 Å². The zero-order valence-electron chi connectivity index (χ0n) is 14.7. The topological polar surface area (TPSA) is 84.9 Å². The van der Waals surface area contributed by atoms with E-state index in [0.29, 0.717) is 17.0 Å². The fourth-order valence-electron chi connectivity index (χ4n) is 2.84. The molecule has 3 heterocycles. The van der Waals surface area contributed by atoms with Crippen LogP contribution in [-0.4, -0.2) is 25.2 Å². The number of nitrogens with zero attached hydrogens (tertiary/aromatic N) is 4. The van der Waals surface area contributed by atoms with E-state index in [-0.39, 0.29) is 22.6 Å². The molecule has 29 heavy (non-hydrogen) atoms. The zero-order valence-corrected chi connectivity index (χ0v) is 14.7. The van der Waals surface area contributed by atoms with E-state index in [1.807, 2.05) is 0 Å². The van der Waals surface area contributed by atoms with Crippen molar-refractivity contribution >= 4 is 0 Å². The first-order valence-corrected chi connectivity index (χ1v) is 8.48. The van der Waals surface area contributed by atoms with Crippen LogP contribution in [0.1, 0.15) is 29.4 Å². The Morgan fingerprint density at radius 2 is 1.66 bits per heavy atom. The highest BCUT2D eigenvalue weighted by Gasteiger charge is 2.30. The standard InChI is InChI=1S/C20H13F3N4O2/c21-14-5-3-11(4-6-14)20-25-9-13(10-26-20)16-15(18(19(22)23)29-27-16)17(28)12-2-1-7-24-8-12/h1-10,17,19,28H. The van der Waals surface area contributed by atoms with Crippen LogP contribution in [0.4, 0.5) is 13.2 Å². The molecule has 0 aliphatic rings. The monoisotopic (exact) mass is 398 g/mol. The number of rotatable bonds is 5. The molecule has 3 aromatic heterocycles. The molecule has 1 atom stereocenters. The lowest BCUT2D eigenvalue weighted by Gasteiger charge is -2.12. The summed E-state index contributed by atoms with van der Waals surface area (Å²) >= 11 is 0. The summed E-state index contributed by atoms with van der Waals surface area (Å²) in [6.45, 7) is 0. The first kappa shape index (κ1) is 18.8. The quantitative estimate of drug-likeness (QED) is 0.538. The number of benzene rings is 1. The lowest BCUT2D eigenvalue weighted by atomic mass is 9.98. The van der Waals surface area contributed by atoms with E-state index < -0.39 is 18.3 Å². The molecule has 6 nitrogen and oxygen atoms in total. The van der Waals surface area contributed by atoms with Crippen LogP contribution in [0.5, 0.6) is 0 Å². The molecule has 1 N–H and O–H groups in total. The van der Waals surface area contributed by atoms with Gasteiger partial charge in [-0.1, -0.05) is 11.2 Å². The molecule has 1 unspecified atom stereocenters. The van der Waals surface area contributed by atoms with Gasteiger partial charge >= 0.3 is 0 Å². The molecular weight excluding hydrogens is 385 g/mol. The summed E-state index contributed by atoms with van der Waals surface area (Å²) in [7, 11) is 0. The molecule has 4 rings (SSSR count). The van der Waals surface area contributed by atoms with Crippen molar-refractivity contribution < 1.29 is 22.8 Å². The minimum absolute atomic E-state index is 0.00214. The summed E-state index contributed by atoms with van der Waals surface area (Å²) in [5.74, 6) is -0.804. The van der Waals surface area contributed by atoms with Crippen molar-refractivity contribution in [3.05, 3.63) is 83.9 Å². The molecule has 0 fully saturated rings. The Balaban J connectivity index is 1.74. The highest BCUT2D eigenvalue weighted by molar-refractivity contribution is 5.65. The number of aliphatic hydroxyl groups is 1. The summed E-state index contributed by atoms with van der Waals surface area (Å²) in [6, 6.07) is 8.73. The number of hydrogen-bond acceptors (Lipinski definition) is 6. The first-order chi connectivity index (χ1) is 14.0. The number of pyridine rings is 1. The van der Waals surface area contributed by atoms with Gasteiger partial charge in [0, 0.05) is 41.5 Å². The van der Waals surface area contributed by atoms with E-state index in [2.05, 4.69) is 20.1 Å². The summed E-state index contributed by atoms with van der Waals surface area (Å²) in [5.41, 5.74) is 1.00. The summed E-state index contributed by atoms with van der Waals surface area (Å²) in [6.07, 6.45) is 1.21. The number of halogens is 3. The first-order valence-electron chi connectivity index (χ1n) is 8.48. The number of alkyl halides is 2. The van der Waals surface area contributed by atoms with E-state index >= 15 is 0 Å². The summed E-state index contributed by atoms with van der Waals surface area (Å²) in [4.78, 5) is 12.3. The third kappa shape index (κ3) is 3.72. The molecular formula is C20H13F3N4O2. The minimum Gasteiger partial charge on any atom is -0.383 e. The van der Waals surface area contributed by atoms with E-state index in [9.17, 15) is 18.3 Å².